The van der Waals surface area contributed by atoms with Gasteiger partial charge in [-0.3, -0.25) is 14.6 Å². The summed E-state index contributed by atoms with van der Waals surface area (Å²) in [6.07, 6.45) is 3.07. The van der Waals surface area contributed by atoms with Crippen LogP contribution in [-0.2, 0) is 0 Å². The Morgan fingerprint density at radius 3 is 2.39 bits per heavy atom. The lowest BCUT2D eigenvalue weighted by Crippen LogP contribution is -2.16. The van der Waals surface area contributed by atoms with E-state index in [1.807, 2.05) is 30.3 Å². The quantitative estimate of drug-likeness (QED) is 0.773. The van der Waals surface area contributed by atoms with Crippen LogP contribution in [0.4, 0.5) is 5.00 Å². The highest BCUT2D eigenvalue weighted by atomic mass is 32.1. The van der Waals surface area contributed by atoms with Crippen LogP contribution in [0.5, 0.6) is 0 Å². The van der Waals surface area contributed by atoms with Crippen molar-refractivity contribution in [2.45, 2.75) is 0 Å². The van der Waals surface area contributed by atoms with E-state index >= 15 is 0 Å². The van der Waals surface area contributed by atoms with Gasteiger partial charge in [0.15, 0.2) is 0 Å². The average Bonchev–Trinajstić information content (AvgIpc) is 3.00. The van der Waals surface area contributed by atoms with Crippen LogP contribution in [0.25, 0.3) is 10.4 Å². The predicted molar refractivity (Wildman–Crippen MR) is 90.5 cm³/mol. The van der Waals surface area contributed by atoms with Crippen LogP contribution in [-0.4, -0.2) is 16.8 Å². The van der Waals surface area contributed by atoms with E-state index in [1.165, 1.54) is 23.7 Å². The molecule has 1 aromatic carbocycles. The Hall–Kier alpha value is -2.99. The number of pyridine rings is 1. The first-order chi connectivity index (χ1) is 11.1. The monoisotopic (exact) mass is 323 g/mol. The molecule has 23 heavy (non-hydrogen) atoms. The number of primary amides is 1. The van der Waals surface area contributed by atoms with Gasteiger partial charge >= 0.3 is 0 Å². The molecule has 0 unspecified atom stereocenters. The normalized spacial score (nSPS) is 10.3. The van der Waals surface area contributed by atoms with Crippen LogP contribution in [0.15, 0.2) is 60.9 Å². The molecule has 2 amide bonds. The number of nitrogens with two attached hydrogens (primary N) is 1. The summed E-state index contributed by atoms with van der Waals surface area (Å²) in [4.78, 5) is 28.6. The smallest absolute Gasteiger partial charge is 0.256 e. The Balaban J connectivity index is 1.94. The zero-order chi connectivity index (χ0) is 16.2. The summed E-state index contributed by atoms with van der Waals surface area (Å²) in [5.74, 6) is -0.884. The Morgan fingerprint density at radius 2 is 1.74 bits per heavy atom. The summed E-state index contributed by atoms with van der Waals surface area (Å²) < 4.78 is 0. The van der Waals surface area contributed by atoms with Gasteiger partial charge in [0.05, 0.1) is 5.56 Å². The summed E-state index contributed by atoms with van der Waals surface area (Å²) in [6, 6.07) is 14.5. The molecule has 0 saturated heterocycles. The second-order valence-corrected chi connectivity index (χ2v) is 5.83. The first-order valence-corrected chi connectivity index (χ1v) is 7.67. The predicted octanol–water partition coefficient (Wildman–Crippen LogP) is 3.16. The van der Waals surface area contributed by atoms with Crippen molar-refractivity contribution in [3.8, 4) is 10.4 Å². The highest BCUT2D eigenvalue weighted by Crippen LogP contribution is 2.35. The largest absolute Gasteiger partial charge is 0.366 e. The summed E-state index contributed by atoms with van der Waals surface area (Å²) in [5.41, 5.74) is 7.15. The van der Waals surface area contributed by atoms with Gasteiger partial charge in [-0.2, -0.15) is 0 Å². The molecule has 0 spiro atoms. The topological polar surface area (TPSA) is 85.1 Å². The van der Waals surface area contributed by atoms with Gasteiger partial charge < -0.3 is 11.1 Å². The lowest BCUT2D eigenvalue weighted by Gasteiger charge is -2.04. The second kappa shape index (κ2) is 6.41. The van der Waals surface area contributed by atoms with Gasteiger partial charge in [0.2, 0.25) is 0 Å². The van der Waals surface area contributed by atoms with E-state index in [0.717, 1.165) is 10.4 Å². The number of thiophene rings is 1. The van der Waals surface area contributed by atoms with E-state index in [4.69, 9.17) is 5.73 Å². The first kappa shape index (κ1) is 14.9. The molecule has 0 saturated carbocycles. The molecule has 0 radical (unpaired) electrons. The molecule has 0 fully saturated rings. The van der Waals surface area contributed by atoms with Crippen LogP contribution < -0.4 is 11.1 Å². The third-order valence-electron chi connectivity index (χ3n) is 3.23. The minimum absolute atomic E-state index is 0.302. The fraction of sp³-hybridized carbons (Fsp3) is 0. The van der Waals surface area contributed by atoms with Gasteiger partial charge in [-0.1, -0.05) is 30.3 Å². The summed E-state index contributed by atoms with van der Waals surface area (Å²) in [7, 11) is 0. The number of amides is 2. The van der Waals surface area contributed by atoms with Gasteiger partial charge in [-0.25, -0.2) is 0 Å². The average molecular weight is 323 g/mol. The molecule has 2 heterocycles. The standard InChI is InChI=1S/C17H13N3O2S/c18-15(21)13-10-14(11-4-2-1-3-5-11)23-17(13)20-16(22)12-6-8-19-9-7-12/h1-10H,(H2,18,21)(H,20,22). The highest BCUT2D eigenvalue weighted by molar-refractivity contribution is 7.20. The SMILES string of the molecule is NC(=O)c1cc(-c2ccccc2)sc1NC(=O)c1ccncc1. The molecule has 0 aliphatic rings. The number of carbonyl (C=O) groups is 2. The van der Waals surface area contributed by atoms with Gasteiger partial charge in [0.1, 0.15) is 5.00 Å². The number of hydrogen-bond donors (Lipinski definition) is 2. The Labute approximate surface area is 136 Å². The maximum atomic E-state index is 12.3. The van der Waals surface area contributed by atoms with Crippen molar-refractivity contribution in [1.29, 1.82) is 0 Å². The van der Waals surface area contributed by atoms with E-state index in [1.54, 1.807) is 18.2 Å². The highest BCUT2D eigenvalue weighted by Gasteiger charge is 2.17. The van der Waals surface area contributed by atoms with Crippen molar-refractivity contribution in [3.63, 3.8) is 0 Å². The minimum atomic E-state index is -0.576. The molecular formula is C17H13N3O2S. The Morgan fingerprint density at radius 1 is 1.04 bits per heavy atom. The maximum absolute atomic E-state index is 12.3. The van der Waals surface area contributed by atoms with Crippen LogP contribution in [0.2, 0.25) is 0 Å². The fourth-order valence-electron chi connectivity index (χ4n) is 2.09. The molecule has 5 nitrogen and oxygen atoms in total. The molecule has 0 bridgehead atoms. The number of nitrogens with zero attached hydrogens (tertiary/aromatic N) is 1. The lowest BCUT2D eigenvalue weighted by molar-refractivity contribution is 0.100. The number of carbonyl (C=O) groups excluding carboxylic acids is 2. The molecule has 3 N–H and O–H groups in total. The minimum Gasteiger partial charge on any atom is -0.366 e. The maximum Gasteiger partial charge on any atom is 0.256 e. The second-order valence-electron chi connectivity index (χ2n) is 4.77. The summed E-state index contributed by atoms with van der Waals surface area (Å²) in [5, 5.41) is 3.19. The third-order valence-corrected chi connectivity index (χ3v) is 4.32. The van der Waals surface area contributed by atoms with E-state index < -0.39 is 5.91 Å². The van der Waals surface area contributed by atoms with Crippen molar-refractivity contribution in [1.82, 2.24) is 4.98 Å². The number of nitrogens with one attached hydrogen (secondary N) is 1. The number of aromatic nitrogens is 1. The summed E-state index contributed by atoms with van der Waals surface area (Å²) >= 11 is 1.32. The molecule has 0 aliphatic carbocycles. The van der Waals surface area contributed by atoms with Crippen molar-refractivity contribution >= 4 is 28.2 Å². The lowest BCUT2D eigenvalue weighted by atomic mass is 10.1. The Kier molecular flexibility index (Phi) is 4.16. The van der Waals surface area contributed by atoms with Crippen molar-refractivity contribution in [2.24, 2.45) is 5.73 Å². The van der Waals surface area contributed by atoms with Gasteiger partial charge in [-0.15, -0.1) is 11.3 Å². The zero-order valence-corrected chi connectivity index (χ0v) is 12.8. The van der Waals surface area contributed by atoms with E-state index in [2.05, 4.69) is 10.3 Å². The number of anilines is 1. The molecule has 6 heteroatoms. The van der Waals surface area contributed by atoms with Crippen molar-refractivity contribution < 1.29 is 9.59 Å². The molecule has 114 valence electrons. The van der Waals surface area contributed by atoms with Gasteiger partial charge in [-0.05, 0) is 23.8 Å². The van der Waals surface area contributed by atoms with Crippen LogP contribution in [0.1, 0.15) is 20.7 Å². The molecular weight excluding hydrogens is 310 g/mol. The van der Waals surface area contributed by atoms with E-state index in [-0.39, 0.29) is 5.91 Å². The van der Waals surface area contributed by atoms with Crippen molar-refractivity contribution in [2.75, 3.05) is 5.32 Å². The van der Waals surface area contributed by atoms with Crippen molar-refractivity contribution in [3.05, 3.63) is 72.1 Å². The number of benzene rings is 1. The first-order valence-electron chi connectivity index (χ1n) is 6.85. The molecule has 0 atom stereocenters. The molecule has 2 aromatic heterocycles. The van der Waals surface area contributed by atoms with E-state index in [9.17, 15) is 9.59 Å². The number of rotatable bonds is 4. The van der Waals surface area contributed by atoms with Crippen LogP contribution in [0, 0.1) is 0 Å². The fourth-order valence-corrected chi connectivity index (χ4v) is 3.15. The number of hydrogen-bond acceptors (Lipinski definition) is 4. The van der Waals surface area contributed by atoms with Crippen LogP contribution in [0.3, 0.4) is 0 Å². The van der Waals surface area contributed by atoms with Gasteiger partial charge in [0, 0.05) is 22.8 Å². The third kappa shape index (κ3) is 3.27. The Bertz CT molecular complexity index is 845. The molecule has 3 aromatic rings. The van der Waals surface area contributed by atoms with Gasteiger partial charge in [0.25, 0.3) is 11.8 Å². The zero-order valence-electron chi connectivity index (χ0n) is 12.0. The molecule has 0 aliphatic heterocycles. The van der Waals surface area contributed by atoms with E-state index in [0.29, 0.717) is 16.1 Å². The van der Waals surface area contributed by atoms with Crippen LogP contribution >= 0.6 is 11.3 Å². The summed E-state index contributed by atoms with van der Waals surface area (Å²) in [6.45, 7) is 0. The molecule has 3 rings (SSSR count).